The molecule has 3 rings (SSSR count). The van der Waals surface area contributed by atoms with E-state index in [1.165, 1.54) is 0 Å². The monoisotopic (exact) mass is 350 g/mol. The first-order valence-electron chi connectivity index (χ1n) is 8.31. The molecule has 1 aromatic carbocycles. The summed E-state index contributed by atoms with van der Waals surface area (Å²) in [5.41, 5.74) is 2.13. The Labute approximate surface area is 147 Å². The van der Waals surface area contributed by atoms with Crippen LogP contribution in [0.4, 0.5) is 4.79 Å². The maximum atomic E-state index is 12.5. The number of carbonyl (C=O) groups is 2. The Hall–Kier alpha value is -1.75. The smallest absolute Gasteiger partial charge is 0.410 e. The highest BCUT2D eigenvalue weighted by atomic mass is 35.5. The number of halogens is 1. The van der Waals surface area contributed by atoms with E-state index in [1.54, 1.807) is 11.0 Å². The minimum Gasteiger partial charge on any atom is -0.444 e. The molecule has 0 radical (unpaired) electrons. The number of likely N-dealkylation sites (tertiary alicyclic amines) is 1. The molecular formula is C18H23ClN2O3. The van der Waals surface area contributed by atoms with Gasteiger partial charge >= 0.3 is 6.09 Å². The molecule has 0 spiro atoms. The highest BCUT2D eigenvalue weighted by Crippen LogP contribution is 2.39. The molecule has 0 aromatic heterocycles. The predicted octanol–water partition coefficient (Wildman–Crippen LogP) is 3.35. The third-order valence-corrected chi connectivity index (χ3v) is 4.87. The normalized spacial score (nSPS) is 22.7. The Morgan fingerprint density at radius 2 is 2.08 bits per heavy atom. The van der Waals surface area contributed by atoms with Crippen molar-refractivity contribution in [3.8, 4) is 0 Å². The number of rotatable bonds is 1. The molecule has 1 fully saturated rings. The fourth-order valence-electron chi connectivity index (χ4n) is 3.56. The van der Waals surface area contributed by atoms with Gasteiger partial charge in [-0.25, -0.2) is 4.79 Å². The third kappa shape index (κ3) is 2.97. The lowest BCUT2D eigenvalue weighted by atomic mass is 9.82. The third-order valence-electron chi connectivity index (χ3n) is 4.55. The number of nitrogens with one attached hydrogen (secondary N) is 1. The average Bonchev–Trinajstić information content (AvgIpc) is 2.89. The molecule has 1 N–H and O–H groups in total. The number of nitrogens with zero attached hydrogens (tertiary/aromatic N) is 1. The maximum Gasteiger partial charge on any atom is 0.410 e. The van der Waals surface area contributed by atoms with Gasteiger partial charge in [-0.1, -0.05) is 24.6 Å². The minimum absolute atomic E-state index is 0.0545. The quantitative estimate of drug-likeness (QED) is 0.845. The molecule has 6 heteroatoms. The topological polar surface area (TPSA) is 58.6 Å². The van der Waals surface area contributed by atoms with Crippen LogP contribution in [-0.2, 0) is 11.2 Å². The molecule has 0 saturated carbocycles. The Kier molecular flexibility index (Phi) is 4.24. The molecule has 5 nitrogen and oxygen atoms in total. The summed E-state index contributed by atoms with van der Waals surface area (Å²) in [5.74, 6) is -0.101. The molecule has 24 heavy (non-hydrogen) atoms. The van der Waals surface area contributed by atoms with Crippen LogP contribution in [-0.4, -0.2) is 41.6 Å². The molecule has 2 aliphatic rings. The average molecular weight is 351 g/mol. The van der Waals surface area contributed by atoms with Crippen molar-refractivity contribution >= 4 is 23.6 Å². The molecule has 2 unspecified atom stereocenters. The summed E-state index contributed by atoms with van der Waals surface area (Å²) in [6.45, 7) is 8.59. The van der Waals surface area contributed by atoms with Gasteiger partial charge in [0.1, 0.15) is 5.60 Å². The van der Waals surface area contributed by atoms with Crippen molar-refractivity contribution in [2.45, 2.75) is 51.7 Å². The number of benzene rings is 1. The van der Waals surface area contributed by atoms with Gasteiger partial charge in [0.05, 0.1) is 16.6 Å². The van der Waals surface area contributed by atoms with Crippen LogP contribution in [0.25, 0.3) is 0 Å². The first kappa shape index (κ1) is 17.1. The molecule has 2 aliphatic heterocycles. The van der Waals surface area contributed by atoms with E-state index in [1.807, 2.05) is 26.8 Å². The fourth-order valence-corrected chi connectivity index (χ4v) is 3.81. The second-order valence-corrected chi connectivity index (χ2v) is 7.83. The Morgan fingerprint density at radius 3 is 2.71 bits per heavy atom. The molecule has 0 aliphatic carbocycles. The van der Waals surface area contributed by atoms with E-state index in [-0.39, 0.29) is 24.0 Å². The lowest BCUT2D eigenvalue weighted by molar-refractivity contribution is 0.0288. The van der Waals surface area contributed by atoms with Crippen LogP contribution >= 0.6 is 11.6 Å². The first-order valence-corrected chi connectivity index (χ1v) is 8.69. The fraction of sp³-hybridized carbons (Fsp3) is 0.556. The van der Waals surface area contributed by atoms with E-state index in [0.29, 0.717) is 23.7 Å². The summed E-state index contributed by atoms with van der Waals surface area (Å²) in [7, 11) is 0. The lowest BCUT2D eigenvalue weighted by Crippen LogP contribution is -2.45. The molecule has 130 valence electrons. The summed E-state index contributed by atoms with van der Waals surface area (Å²) < 4.78 is 5.47. The van der Waals surface area contributed by atoms with Crippen molar-refractivity contribution in [2.24, 2.45) is 0 Å². The number of amides is 2. The zero-order valence-corrected chi connectivity index (χ0v) is 15.2. The van der Waals surface area contributed by atoms with Crippen LogP contribution < -0.4 is 5.32 Å². The summed E-state index contributed by atoms with van der Waals surface area (Å²) in [4.78, 5) is 26.6. The molecule has 0 bridgehead atoms. The second-order valence-electron chi connectivity index (χ2n) is 7.42. The largest absolute Gasteiger partial charge is 0.444 e. The van der Waals surface area contributed by atoms with Crippen molar-refractivity contribution in [2.75, 3.05) is 13.1 Å². The SMILES string of the molecule is CCc1ccc(Cl)c2c1C1CN(C(=O)OC(C)(C)C)CC1NC2=O. The van der Waals surface area contributed by atoms with Crippen molar-refractivity contribution < 1.29 is 14.3 Å². The highest BCUT2D eigenvalue weighted by molar-refractivity contribution is 6.34. The number of ether oxygens (including phenoxy) is 1. The number of carbonyl (C=O) groups excluding carboxylic acids is 2. The zero-order chi connectivity index (χ0) is 17.6. The van der Waals surface area contributed by atoms with E-state index in [4.69, 9.17) is 16.3 Å². The Balaban J connectivity index is 1.93. The number of hydrogen-bond donors (Lipinski definition) is 1. The molecule has 1 saturated heterocycles. The van der Waals surface area contributed by atoms with Gasteiger partial charge < -0.3 is 15.0 Å². The van der Waals surface area contributed by atoms with E-state index in [2.05, 4.69) is 12.2 Å². The number of hydrogen-bond acceptors (Lipinski definition) is 3. The van der Waals surface area contributed by atoms with Crippen molar-refractivity contribution in [3.05, 3.63) is 33.8 Å². The summed E-state index contributed by atoms with van der Waals surface area (Å²) in [6.07, 6.45) is 0.482. The van der Waals surface area contributed by atoms with Crippen molar-refractivity contribution in [3.63, 3.8) is 0 Å². The van der Waals surface area contributed by atoms with Gasteiger partial charge in [0, 0.05) is 19.0 Å². The van der Waals surface area contributed by atoms with Crippen molar-refractivity contribution in [1.82, 2.24) is 10.2 Å². The van der Waals surface area contributed by atoms with Gasteiger partial charge in [0.15, 0.2) is 0 Å². The molecule has 2 heterocycles. The standard InChI is InChI=1S/C18H23ClN2O3/c1-5-10-6-7-12(19)15-14(10)11-8-21(9-13(11)20-16(15)22)17(23)24-18(2,3)4/h6-7,11,13H,5,8-9H2,1-4H3,(H,20,22). The van der Waals surface area contributed by atoms with E-state index in [0.717, 1.165) is 17.5 Å². The Morgan fingerprint density at radius 1 is 1.38 bits per heavy atom. The molecule has 2 atom stereocenters. The Bertz CT molecular complexity index is 696. The first-order chi connectivity index (χ1) is 11.2. The van der Waals surface area contributed by atoms with Crippen LogP contribution in [0.5, 0.6) is 0 Å². The summed E-state index contributed by atoms with van der Waals surface area (Å²) in [5, 5.41) is 3.47. The summed E-state index contributed by atoms with van der Waals surface area (Å²) >= 11 is 6.28. The molecular weight excluding hydrogens is 328 g/mol. The van der Waals surface area contributed by atoms with Gasteiger partial charge in [-0.2, -0.15) is 0 Å². The second kappa shape index (κ2) is 5.96. The van der Waals surface area contributed by atoms with Crippen molar-refractivity contribution in [1.29, 1.82) is 0 Å². The van der Waals surface area contributed by atoms with E-state index >= 15 is 0 Å². The highest BCUT2D eigenvalue weighted by Gasteiger charge is 2.44. The minimum atomic E-state index is -0.538. The van der Waals surface area contributed by atoms with Crippen LogP contribution in [0.15, 0.2) is 12.1 Å². The number of aryl methyl sites for hydroxylation is 1. The zero-order valence-electron chi connectivity index (χ0n) is 14.5. The van der Waals surface area contributed by atoms with Crippen LogP contribution in [0.1, 0.15) is 55.1 Å². The van der Waals surface area contributed by atoms with E-state index in [9.17, 15) is 9.59 Å². The van der Waals surface area contributed by atoms with E-state index < -0.39 is 5.60 Å². The van der Waals surface area contributed by atoms with Gasteiger partial charge in [-0.15, -0.1) is 0 Å². The lowest BCUT2D eigenvalue weighted by Gasteiger charge is -2.30. The van der Waals surface area contributed by atoms with Crippen LogP contribution in [0, 0.1) is 0 Å². The molecule has 2 amide bonds. The predicted molar refractivity (Wildman–Crippen MR) is 92.6 cm³/mol. The molecule has 1 aromatic rings. The maximum absolute atomic E-state index is 12.5. The van der Waals surface area contributed by atoms with Gasteiger partial charge in [-0.05, 0) is 44.4 Å². The van der Waals surface area contributed by atoms with Crippen LogP contribution in [0.2, 0.25) is 5.02 Å². The van der Waals surface area contributed by atoms with Gasteiger partial charge in [0.25, 0.3) is 5.91 Å². The van der Waals surface area contributed by atoms with Crippen LogP contribution in [0.3, 0.4) is 0 Å². The summed E-state index contributed by atoms with van der Waals surface area (Å²) in [6, 6.07) is 3.66. The van der Waals surface area contributed by atoms with Gasteiger partial charge in [0.2, 0.25) is 0 Å². The number of fused-ring (bicyclic) bond motifs is 3. The van der Waals surface area contributed by atoms with Gasteiger partial charge in [-0.3, -0.25) is 4.79 Å².